The van der Waals surface area contributed by atoms with E-state index in [2.05, 4.69) is 31.2 Å². The number of benzene rings is 1. The minimum Gasteiger partial charge on any atom is -0.381 e. The first-order chi connectivity index (χ1) is 7.68. The van der Waals surface area contributed by atoms with E-state index in [0.29, 0.717) is 25.0 Å². The minimum absolute atomic E-state index is 0.271. The molecular weight excluding hydrogens is 243 g/mol. The Morgan fingerprint density at radius 1 is 1.12 bits per heavy atom. The van der Waals surface area contributed by atoms with E-state index in [4.69, 9.17) is 27.9 Å². The van der Waals surface area contributed by atoms with E-state index in [-0.39, 0.29) is 5.41 Å². The second-order valence-electron chi connectivity index (χ2n) is 4.05. The van der Waals surface area contributed by atoms with Crippen LogP contribution in [0.2, 0.25) is 0 Å². The molecule has 1 aromatic rings. The van der Waals surface area contributed by atoms with Crippen LogP contribution in [0.1, 0.15) is 18.1 Å². The van der Waals surface area contributed by atoms with Crippen LogP contribution in [0.25, 0.3) is 0 Å². The maximum Gasteiger partial charge on any atom is 0.0585 e. The van der Waals surface area contributed by atoms with Crippen LogP contribution in [0.4, 0.5) is 0 Å². The largest absolute Gasteiger partial charge is 0.381 e. The second-order valence-corrected chi connectivity index (χ2v) is 4.59. The maximum absolute atomic E-state index is 6.07. The lowest BCUT2D eigenvalue weighted by Gasteiger charge is -2.29. The van der Waals surface area contributed by atoms with Crippen molar-refractivity contribution in [2.75, 3.05) is 25.0 Å². The molecule has 0 N–H and O–H groups in total. The third-order valence-corrected chi connectivity index (χ3v) is 3.78. The lowest BCUT2D eigenvalue weighted by Crippen LogP contribution is -2.36. The third kappa shape index (κ3) is 3.13. The molecule has 0 aliphatic carbocycles. The average Bonchev–Trinajstić information content (AvgIpc) is 2.33. The SMILES string of the molecule is CCOCC(CCl)(CCl)c1ccc(C)cc1. The Bertz CT molecular complexity index is 304. The van der Waals surface area contributed by atoms with Gasteiger partial charge in [0.05, 0.1) is 6.61 Å². The summed E-state index contributed by atoms with van der Waals surface area (Å²) in [6, 6.07) is 8.32. The third-order valence-electron chi connectivity index (χ3n) is 2.76. The van der Waals surface area contributed by atoms with Crippen molar-refractivity contribution in [3.05, 3.63) is 35.4 Å². The molecule has 0 aliphatic heterocycles. The molecule has 0 heterocycles. The lowest BCUT2D eigenvalue weighted by atomic mass is 9.84. The number of halogens is 2. The average molecular weight is 261 g/mol. The van der Waals surface area contributed by atoms with Gasteiger partial charge < -0.3 is 4.74 Å². The highest BCUT2D eigenvalue weighted by atomic mass is 35.5. The van der Waals surface area contributed by atoms with Gasteiger partial charge in [-0.3, -0.25) is 0 Å². The van der Waals surface area contributed by atoms with Crippen molar-refractivity contribution < 1.29 is 4.74 Å². The highest BCUT2D eigenvalue weighted by Gasteiger charge is 2.30. The molecule has 3 heteroatoms. The van der Waals surface area contributed by atoms with Gasteiger partial charge in [0.2, 0.25) is 0 Å². The van der Waals surface area contributed by atoms with Crippen LogP contribution in [0.3, 0.4) is 0 Å². The van der Waals surface area contributed by atoms with Crippen molar-refractivity contribution in [1.82, 2.24) is 0 Å². The summed E-state index contributed by atoms with van der Waals surface area (Å²) in [5.74, 6) is 0.944. The van der Waals surface area contributed by atoms with Gasteiger partial charge in [-0.2, -0.15) is 0 Å². The number of rotatable bonds is 6. The fraction of sp³-hybridized carbons (Fsp3) is 0.538. The molecular formula is C13H18Cl2O. The molecule has 1 rings (SSSR count). The summed E-state index contributed by atoms with van der Waals surface area (Å²) in [6.07, 6.45) is 0. The number of aryl methyl sites for hydroxylation is 1. The van der Waals surface area contributed by atoms with Gasteiger partial charge in [0.15, 0.2) is 0 Å². The van der Waals surface area contributed by atoms with Gasteiger partial charge in [0.25, 0.3) is 0 Å². The fourth-order valence-electron chi connectivity index (χ4n) is 1.56. The van der Waals surface area contributed by atoms with Gasteiger partial charge in [-0.05, 0) is 19.4 Å². The zero-order valence-corrected chi connectivity index (χ0v) is 11.3. The summed E-state index contributed by atoms with van der Waals surface area (Å²) in [7, 11) is 0. The molecule has 0 spiro atoms. The number of ether oxygens (including phenoxy) is 1. The fourth-order valence-corrected chi connectivity index (χ4v) is 2.30. The maximum atomic E-state index is 6.07. The summed E-state index contributed by atoms with van der Waals surface area (Å²) in [5, 5.41) is 0. The second kappa shape index (κ2) is 6.48. The summed E-state index contributed by atoms with van der Waals surface area (Å²) < 4.78 is 5.50. The number of hydrogen-bond donors (Lipinski definition) is 0. The van der Waals surface area contributed by atoms with Crippen molar-refractivity contribution in [2.24, 2.45) is 0 Å². The molecule has 1 nitrogen and oxygen atoms in total. The minimum atomic E-state index is -0.271. The zero-order valence-electron chi connectivity index (χ0n) is 9.80. The van der Waals surface area contributed by atoms with Crippen LogP contribution >= 0.6 is 23.2 Å². The zero-order chi connectivity index (χ0) is 12.0. The number of hydrogen-bond acceptors (Lipinski definition) is 1. The van der Waals surface area contributed by atoms with Gasteiger partial charge in [-0.25, -0.2) is 0 Å². The topological polar surface area (TPSA) is 9.23 Å². The Kier molecular flexibility index (Phi) is 5.60. The normalized spacial score (nSPS) is 11.8. The van der Waals surface area contributed by atoms with Crippen molar-refractivity contribution >= 4 is 23.2 Å². The Hall–Kier alpha value is -0.240. The molecule has 0 fully saturated rings. The first kappa shape index (κ1) is 13.8. The lowest BCUT2D eigenvalue weighted by molar-refractivity contribution is 0.108. The van der Waals surface area contributed by atoms with Gasteiger partial charge in [-0.1, -0.05) is 29.8 Å². The Labute approximate surface area is 108 Å². The standard InChI is InChI=1S/C13H18Cl2O/c1-3-16-10-13(8-14,9-15)12-6-4-11(2)5-7-12/h4-7H,3,8-10H2,1-2H3. The Morgan fingerprint density at radius 3 is 2.12 bits per heavy atom. The monoisotopic (exact) mass is 260 g/mol. The molecule has 0 radical (unpaired) electrons. The van der Waals surface area contributed by atoms with E-state index in [9.17, 15) is 0 Å². The molecule has 1 aromatic carbocycles. The van der Waals surface area contributed by atoms with Crippen LogP contribution in [-0.4, -0.2) is 25.0 Å². The van der Waals surface area contributed by atoms with Crippen molar-refractivity contribution in [3.63, 3.8) is 0 Å². The van der Waals surface area contributed by atoms with E-state index in [1.807, 2.05) is 6.92 Å². The van der Waals surface area contributed by atoms with E-state index in [1.54, 1.807) is 0 Å². The van der Waals surface area contributed by atoms with E-state index < -0.39 is 0 Å². The van der Waals surface area contributed by atoms with Gasteiger partial charge in [0, 0.05) is 23.8 Å². The van der Waals surface area contributed by atoms with E-state index in [1.165, 1.54) is 5.56 Å². The molecule has 0 aromatic heterocycles. The first-order valence-electron chi connectivity index (χ1n) is 5.45. The predicted octanol–water partition coefficient (Wildman–Crippen LogP) is 3.75. The Balaban J connectivity index is 2.95. The quantitative estimate of drug-likeness (QED) is 0.709. The summed E-state index contributed by atoms with van der Waals surface area (Å²) in [5.41, 5.74) is 2.11. The summed E-state index contributed by atoms with van der Waals surface area (Å²) in [4.78, 5) is 0. The van der Waals surface area contributed by atoms with Crippen LogP contribution in [-0.2, 0) is 10.2 Å². The van der Waals surface area contributed by atoms with Crippen LogP contribution in [0.15, 0.2) is 24.3 Å². The van der Waals surface area contributed by atoms with Gasteiger partial charge >= 0.3 is 0 Å². The summed E-state index contributed by atoms with van der Waals surface area (Å²) in [6.45, 7) is 5.29. The molecule has 0 bridgehead atoms. The van der Waals surface area contributed by atoms with Crippen molar-refractivity contribution in [3.8, 4) is 0 Å². The molecule has 0 amide bonds. The molecule has 0 atom stereocenters. The van der Waals surface area contributed by atoms with Gasteiger partial charge in [-0.15, -0.1) is 23.2 Å². The van der Waals surface area contributed by atoms with Crippen LogP contribution < -0.4 is 0 Å². The van der Waals surface area contributed by atoms with Crippen LogP contribution in [0, 0.1) is 6.92 Å². The molecule has 0 aliphatic rings. The highest BCUT2D eigenvalue weighted by molar-refractivity contribution is 6.22. The van der Waals surface area contributed by atoms with E-state index in [0.717, 1.165) is 5.56 Å². The van der Waals surface area contributed by atoms with E-state index >= 15 is 0 Å². The van der Waals surface area contributed by atoms with Crippen LogP contribution in [0.5, 0.6) is 0 Å². The van der Waals surface area contributed by atoms with Gasteiger partial charge in [0.1, 0.15) is 0 Å². The Morgan fingerprint density at radius 2 is 1.69 bits per heavy atom. The molecule has 0 saturated carbocycles. The molecule has 0 saturated heterocycles. The first-order valence-corrected chi connectivity index (χ1v) is 6.52. The molecule has 0 unspecified atom stereocenters. The summed E-state index contributed by atoms with van der Waals surface area (Å²) >= 11 is 12.1. The smallest absolute Gasteiger partial charge is 0.0585 e. The number of alkyl halides is 2. The molecule has 16 heavy (non-hydrogen) atoms. The molecule has 90 valence electrons. The van der Waals surface area contributed by atoms with Crippen molar-refractivity contribution in [1.29, 1.82) is 0 Å². The predicted molar refractivity (Wildman–Crippen MR) is 70.8 cm³/mol. The highest BCUT2D eigenvalue weighted by Crippen LogP contribution is 2.28. The van der Waals surface area contributed by atoms with Crippen molar-refractivity contribution in [2.45, 2.75) is 19.3 Å².